The second-order valence-electron chi connectivity index (χ2n) is 4.83. The van der Waals surface area contributed by atoms with Crippen molar-refractivity contribution in [3.63, 3.8) is 0 Å². The van der Waals surface area contributed by atoms with Crippen LogP contribution in [0.3, 0.4) is 0 Å². The highest BCUT2D eigenvalue weighted by atomic mass is 35.5. The first-order valence-corrected chi connectivity index (χ1v) is 7.25. The fourth-order valence-corrected chi connectivity index (χ4v) is 2.18. The van der Waals surface area contributed by atoms with Crippen LogP contribution >= 0.6 is 11.6 Å². The number of methoxy groups -OCH3 is 1. The fourth-order valence-electron chi connectivity index (χ4n) is 1.95. The van der Waals surface area contributed by atoms with E-state index in [1.54, 1.807) is 25.3 Å². The molecule has 2 rings (SSSR count). The van der Waals surface area contributed by atoms with E-state index in [0.29, 0.717) is 17.3 Å². The van der Waals surface area contributed by atoms with Gasteiger partial charge in [0.15, 0.2) is 6.61 Å². The van der Waals surface area contributed by atoms with Crippen LogP contribution in [0.15, 0.2) is 42.5 Å². The van der Waals surface area contributed by atoms with Crippen molar-refractivity contribution in [2.24, 2.45) is 0 Å². The minimum Gasteiger partial charge on any atom is -0.497 e. The number of rotatable bonds is 6. The Bertz CT molecular complexity index is 658. The van der Waals surface area contributed by atoms with Crippen LogP contribution < -0.4 is 14.8 Å². The second-order valence-corrected chi connectivity index (χ2v) is 5.26. The lowest BCUT2D eigenvalue weighted by atomic mass is 10.2. The van der Waals surface area contributed by atoms with Gasteiger partial charge in [0.25, 0.3) is 5.91 Å². The number of hydrogen-bond acceptors (Lipinski definition) is 3. The Hall–Kier alpha value is -2.20. The lowest BCUT2D eigenvalue weighted by Gasteiger charge is -2.10. The number of nitrogens with one attached hydrogen (secondary N) is 1. The minimum absolute atomic E-state index is 0.0353. The first kappa shape index (κ1) is 16.2. The van der Waals surface area contributed by atoms with E-state index in [1.165, 1.54) is 0 Å². The van der Waals surface area contributed by atoms with Gasteiger partial charge in [-0.05, 0) is 48.4 Å². The average molecular weight is 320 g/mol. The smallest absolute Gasteiger partial charge is 0.258 e. The summed E-state index contributed by atoms with van der Waals surface area (Å²) < 4.78 is 10.6. The molecule has 0 saturated heterocycles. The molecule has 0 atom stereocenters. The van der Waals surface area contributed by atoms with E-state index in [1.807, 2.05) is 31.2 Å². The third kappa shape index (κ3) is 4.67. The molecule has 5 heteroatoms. The monoisotopic (exact) mass is 319 g/mol. The van der Waals surface area contributed by atoms with E-state index in [2.05, 4.69) is 5.32 Å². The Kier molecular flexibility index (Phi) is 5.67. The number of hydrogen-bond donors (Lipinski definition) is 1. The molecule has 0 heterocycles. The molecule has 1 amide bonds. The van der Waals surface area contributed by atoms with E-state index in [-0.39, 0.29) is 12.5 Å². The molecule has 4 nitrogen and oxygen atoms in total. The highest BCUT2D eigenvalue weighted by molar-refractivity contribution is 6.30. The molecule has 0 fully saturated rings. The number of carbonyl (C=O) groups is 1. The number of amides is 1. The normalized spacial score (nSPS) is 10.1. The first-order valence-electron chi connectivity index (χ1n) is 6.87. The summed E-state index contributed by atoms with van der Waals surface area (Å²) in [6.45, 7) is 2.28. The molecule has 2 aromatic rings. The molecule has 2 aromatic carbocycles. The predicted molar refractivity (Wildman–Crippen MR) is 86.5 cm³/mol. The van der Waals surface area contributed by atoms with Gasteiger partial charge in [0, 0.05) is 11.6 Å². The third-order valence-corrected chi connectivity index (χ3v) is 3.35. The molecule has 116 valence electrons. The van der Waals surface area contributed by atoms with Gasteiger partial charge in [0.1, 0.15) is 11.5 Å². The zero-order valence-corrected chi connectivity index (χ0v) is 13.3. The molecule has 22 heavy (non-hydrogen) atoms. The maximum Gasteiger partial charge on any atom is 0.258 e. The zero-order chi connectivity index (χ0) is 15.9. The van der Waals surface area contributed by atoms with Gasteiger partial charge in [-0.2, -0.15) is 0 Å². The van der Waals surface area contributed by atoms with Gasteiger partial charge < -0.3 is 14.8 Å². The average Bonchev–Trinajstić information content (AvgIpc) is 2.52. The summed E-state index contributed by atoms with van der Waals surface area (Å²) >= 11 is 5.88. The van der Waals surface area contributed by atoms with Crippen molar-refractivity contribution < 1.29 is 14.3 Å². The Balaban J connectivity index is 1.82. The van der Waals surface area contributed by atoms with Crippen LogP contribution in [0.1, 0.15) is 11.1 Å². The quantitative estimate of drug-likeness (QED) is 0.888. The summed E-state index contributed by atoms with van der Waals surface area (Å²) in [4.78, 5) is 11.8. The van der Waals surface area contributed by atoms with Crippen LogP contribution in [0, 0.1) is 6.92 Å². The standard InChI is InChI=1S/C17H18ClNO3/c1-12-8-14(18)6-7-16(12)22-11-17(20)19-10-13-4-3-5-15(9-13)21-2/h3-9H,10-11H2,1-2H3,(H,19,20). The Labute approximate surface area is 135 Å². The summed E-state index contributed by atoms with van der Waals surface area (Å²) in [7, 11) is 1.61. The van der Waals surface area contributed by atoms with E-state index >= 15 is 0 Å². The molecule has 0 unspecified atom stereocenters. The van der Waals surface area contributed by atoms with Crippen LogP contribution in [0.5, 0.6) is 11.5 Å². The molecule has 1 N–H and O–H groups in total. The maximum absolute atomic E-state index is 11.8. The lowest BCUT2D eigenvalue weighted by Crippen LogP contribution is -2.28. The van der Waals surface area contributed by atoms with E-state index < -0.39 is 0 Å². The van der Waals surface area contributed by atoms with Crippen LogP contribution in [-0.4, -0.2) is 19.6 Å². The van der Waals surface area contributed by atoms with Crippen molar-refractivity contribution >= 4 is 17.5 Å². The van der Waals surface area contributed by atoms with Crippen molar-refractivity contribution in [2.45, 2.75) is 13.5 Å². The molecule has 0 aliphatic rings. The fraction of sp³-hybridized carbons (Fsp3) is 0.235. The van der Waals surface area contributed by atoms with E-state index in [4.69, 9.17) is 21.1 Å². The van der Waals surface area contributed by atoms with Crippen molar-refractivity contribution in [1.82, 2.24) is 5.32 Å². The molecule has 0 radical (unpaired) electrons. The van der Waals surface area contributed by atoms with Crippen molar-refractivity contribution in [3.8, 4) is 11.5 Å². The van der Waals surface area contributed by atoms with Gasteiger partial charge in [-0.3, -0.25) is 4.79 Å². The van der Waals surface area contributed by atoms with E-state index in [0.717, 1.165) is 16.9 Å². The van der Waals surface area contributed by atoms with Gasteiger partial charge in [0.05, 0.1) is 7.11 Å². The summed E-state index contributed by atoms with van der Waals surface area (Å²) in [5.41, 5.74) is 1.86. The summed E-state index contributed by atoms with van der Waals surface area (Å²) in [6.07, 6.45) is 0. The Morgan fingerprint density at radius 2 is 2.05 bits per heavy atom. The molecule has 0 saturated carbocycles. The molecule has 0 aliphatic carbocycles. The molecule has 0 spiro atoms. The molecule has 0 aliphatic heterocycles. The summed E-state index contributed by atoms with van der Waals surface area (Å²) in [6, 6.07) is 12.8. The number of aryl methyl sites for hydroxylation is 1. The molecular formula is C17H18ClNO3. The first-order chi connectivity index (χ1) is 10.6. The van der Waals surface area contributed by atoms with Crippen molar-refractivity contribution in [2.75, 3.05) is 13.7 Å². The highest BCUT2D eigenvalue weighted by Crippen LogP contribution is 2.21. The molecule has 0 aromatic heterocycles. The number of halogens is 1. The lowest BCUT2D eigenvalue weighted by molar-refractivity contribution is -0.123. The number of carbonyl (C=O) groups excluding carboxylic acids is 1. The van der Waals surface area contributed by atoms with Crippen molar-refractivity contribution in [3.05, 3.63) is 58.6 Å². The van der Waals surface area contributed by atoms with Crippen LogP contribution in [-0.2, 0) is 11.3 Å². The topological polar surface area (TPSA) is 47.6 Å². The third-order valence-electron chi connectivity index (χ3n) is 3.12. The second kappa shape index (κ2) is 7.71. The van der Waals surface area contributed by atoms with Gasteiger partial charge in [-0.25, -0.2) is 0 Å². The SMILES string of the molecule is COc1cccc(CNC(=O)COc2ccc(Cl)cc2C)c1. The van der Waals surface area contributed by atoms with Gasteiger partial charge in [0.2, 0.25) is 0 Å². The largest absolute Gasteiger partial charge is 0.497 e. The highest BCUT2D eigenvalue weighted by Gasteiger charge is 2.05. The van der Waals surface area contributed by atoms with E-state index in [9.17, 15) is 4.79 Å². The van der Waals surface area contributed by atoms with Crippen LogP contribution in [0.25, 0.3) is 0 Å². The molecular weight excluding hydrogens is 302 g/mol. The van der Waals surface area contributed by atoms with Crippen molar-refractivity contribution in [1.29, 1.82) is 0 Å². The van der Waals surface area contributed by atoms with Crippen LogP contribution in [0.2, 0.25) is 5.02 Å². The minimum atomic E-state index is -0.183. The van der Waals surface area contributed by atoms with Gasteiger partial charge >= 0.3 is 0 Å². The Morgan fingerprint density at radius 1 is 1.23 bits per heavy atom. The zero-order valence-electron chi connectivity index (χ0n) is 12.6. The molecule has 0 bridgehead atoms. The van der Waals surface area contributed by atoms with Gasteiger partial charge in [-0.15, -0.1) is 0 Å². The summed E-state index contributed by atoms with van der Waals surface area (Å²) in [5, 5.41) is 3.45. The predicted octanol–water partition coefficient (Wildman–Crippen LogP) is 3.35. The number of benzene rings is 2. The Morgan fingerprint density at radius 3 is 2.77 bits per heavy atom. The van der Waals surface area contributed by atoms with Crippen LogP contribution in [0.4, 0.5) is 0 Å². The number of ether oxygens (including phenoxy) is 2. The van der Waals surface area contributed by atoms with Gasteiger partial charge in [-0.1, -0.05) is 23.7 Å². The summed E-state index contributed by atoms with van der Waals surface area (Å²) in [5.74, 6) is 1.23. The maximum atomic E-state index is 11.8.